The summed E-state index contributed by atoms with van der Waals surface area (Å²) in [4.78, 5) is 33.2. The molecule has 1 atom stereocenters. The fraction of sp³-hybridized carbons (Fsp3) is 0.556. The van der Waals surface area contributed by atoms with Gasteiger partial charge in [0, 0.05) is 38.7 Å². The van der Waals surface area contributed by atoms with Crippen LogP contribution in [0.5, 0.6) is 0 Å². The van der Waals surface area contributed by atoms with Gasteiger partial charge in [0.05, 0.1) is 11.9 Å². The number of likely N-dealkylation sites (tertiary alicyclic amines) is 1. The summed E-state index contributed by atoms with van der Waals surface area (Å²) in [5.74, 6) is -2.33. The molecule has 0 aromatic carbocycles. The quantitative estimate of drug-likeness (QED) is 0.782. The van der Waals surface area contributed by atoms with Crippen molar-refractivity contribution < 1.29 is 32.7 Å². The Kier molecular flexibility index (Phi) is 7.17. The van der Waals surface area contributed by atoms with E-state index in [0.29, 0.717) is 23.7 Å². The largest absolute Gasteiger partial charge is 0.490 e. The molecular weight excluding hydrogens is 393 g/mol. The first-order chi connectivity index (χ1) is 13.5. The van der Waals surface area contributed by atoms with E-state index in [1.807, 2.05) is 0 Å². The van der Waals surface area contributed by atoms with Crippen LogP contribution in [-0.2, 0) is 14.4 Å². The molecule has 29 heavy (non-hydrogen) atoms. The average Bonchev–Trinajstić information content (AvgIpc) is 3.22. The number of carbonyl (C=O) groups is 2. The van der Waals surface area contributed by atoms with Gasteiger partial charge in [0.25, 0.3) is 5.91 Å². The number of halogens is 3. The Balaban J connectivity index is 0.000000370. The normalized spacial score (nSPS) is 21.4. The summed E-state index contributed by atoms with van der Waals surface area (Å²) in [5, 5.41) is 14.0. The lowest BCUT2D eigenvalue weighted by atomic mass is 9.96. The molecule has 2 N–H and O–H groups in total. The van der Waals surface area contributed by atoms with Crippen LogP contribution in [-0.4, -0.2) is 64.0 Å². The van der Waals surface area contributed by atoms with Crippen LogP contribution in [0.1, 0.15) is 26.7 Å². The number of anilines is 1. The fourth-order valence-electron chi connectivity index (χ4n) is 3.10. The third-order valence-corrected chi connectivity index (χ3v) is 4.28. The number of amides is 1. The van der Waals surface area contributed by atoms with Gasteiger partial charge in [0.15, 0.2) is 5.60 Å². The molecular formula is C18H23F3N4O4. The number of nitrogens with one attached hydrogen (secondary N) is 1. The van der Waals surface area contributed by atoms with Crippen LogP contribution < -0.4 is 5.32 Å². The van der Waals surface area contributed by atoms with E-state index < -0.39 is 12.1 Å². The first-order valence-corrected chi connectivity index (χ1v) is 9.00. The maximum Gasteiger partial charge on any atom is 0.490 e. The smallest absolute Gasteiger partial charge is 0.475 e. The van der Waals surface area contributed by atoms with Crippen molar-refractivity contribution >= 4 is 23.3 Å². The van der Waals surface area contributed by atoms with Crippen LogP contribution in [0, 0.1) is 5.92 Å². The van der Waals surface area contributed by atoms with Crippen molar-refractivity contribution in [1.29, 1.82) is 0 Å². The molecule has 1 aromatic heterocycles. The second-order valence-electron chi connectivity index (χ2n) is 7.37. The van der Waals surface area contributed by atoms with Gasteiger partial charge in [-0.05, 0) is 18.1 Å². The minimum Gasteiger partial charge on any atom is -0.475 e. The third kappa shape index (κ3) is 6.70. The van der Waals surface area contributed by atoms with Gasteiger partial charge in [0.1, 0.15) is 5.71 Å². The van der Waals surface area contributed by atoms with Gasteiger partial charge in [-0.3, -0.25) is 14.7 Å². The van der Waals surface area contributed by atoms with Crippen molar-refractivity contribution in [3.63, 3.8) is 0 Å². The molecule has 11 heteroatoms. The highest BCUT2D eigenvalue weighted by atomic mass is 19.4. The molecule has 2 aliphatic heterocycles. The summed E-state index contributed by atoms with van der Waals surface area (Å²) in [6, 6.07) is 3.59. The van der Waals surface area contributed by atoms with E-state index in [-0.39, 0.29) is 11.5 Å². The number of nitrogens with zero attached hydrogens (tertiary/aromatic N) is 3. The minimum atomic E-state index is -5.08. The molecule has 0 radical (unpaired) electrons. The van der Waals surface area contributed by atoms with E-state index >= 15 is 0 Å². The lowest BCUT2D eigenvalue weighted by molar-refractivity contribution is -0.192. The zero-order valence-corrected chi connectivity index (χ0v) is 16.1. The number of carbonyl (C=O) groups excluding carboxylic acids is 1. The van der Waals surface area contributed by atoms with Crippen molar-refractivity contribution in [1.82, 2.24) is 9.88 Å². The van der Waals surface area contributed by atoms with Crippen molar-refractivity contribution in [2.75, 3.05) is 25.0 Å². The summed E-state index contributed by atoms with van der Waals surface area (Å²) >= 11 is 0. The molecule has 1 fully saturated rings. The number of aliphatic carboxylic acids is 1. The highest BCUT2D eigenvalue weighted by Crippen LogP contribution is 2.34. The van der Waals surface area contributed by atoms with Gasteiger partial charge in [-0.15, -0.1) is 0 Å². The van der Waals surface area contributed by atoms with Crippen molar-refractivity contribution in [3.8, 4) is 0 Å². The number of aromatic nitrogens is 1. The van der Waals surface area contributed by atoms with Gasteiger partial charge in [-0.1, -0.05) is 19.0 Å². The molecule has 160 valence electrons. The molecule has 0 bridgehead atoms. The van der Waals surface area contributed by atoms with Crippen molar-refractivity contribution in [2.45, 2.75) is 38.5 Å². The number of carboxylic acids is 1. The number of oxime groups is 1. The number of alkyl halides is 3. The van der Waals surface area contributed by atoms with Gasteiger partial charge in [-0.2, -0.15) is 13.2 Å². The van der Waals surface area contributed by atoms with Gasteiger partial charge >= 0.3 is 12.1 Å². The zero-order valence-electron chi connectivity index (χ0n) is 16.1. The molecule has 2 aliphatic rings. The molecule has 3 rings (SSSR count). The Morgan fingerprint density at radius 1 is 1.41 bits per heavy atom. The van der Waals surface area contributed by atoms with Gasteiger partial charge in [0.2, 0.25) is 0 Å². The highest BCUT2D eigenvalue weighted by Gasteiger charge is 2.46. The predicted molar refractivity (Wildman–Crippen MR) is 98.3 cm³/mol. The van der Waals surface area contributed by atoms with E-state index in [0.717, 1.165) is 26.1 Å². The average molecular weight is 416 g/mol. The maximum atomic E-state index is 12.3. The summed E-state index contributed by atoms with van der Waals surface area (Å²) in [7, 11) is 0. The number of carboxylic acid groups (broad SMARTS) is 1. The van der Waals surface area contributed by atoms with Crippen molar-refractivity contribution in [2.24, 2.45) is 11.1 Å². The Hall–Kier alpha value is -2.69. The van der Waals surface area contributed by atoms with E-state index in [1.54, 1.807) is 24.5 Å². The Labute approximate surface area is 165 Å². The molecule has 0 saturated carbocycles. The first-order valence-electron chi connectivity index (χ1n) is 9.00. The van der Waals surface area contributed by atoms with Crippen LogP contribution in [0.15, 0.2) is 29.7 Å². The summed E-state index contributed by atoms with van der Waals surface area (Å²) in [5.41, 5.74) is 0.829. The van der Waals surface area contributed by atoms with Crippen LogP contribution in [0.4, 0.5) is 18.9 Å². The monoisotopic (exact) mass is 416 g/mol. The molecule has 0 aliphatic carbocycles. The highest BCUT2D eigenvalue weighted by molar-refractivity contribution is 6.43. The molecule has 1 aromatic rings. The second kappa shape index (κ2) is 9.21. The molecule has 1 amide bonds. The van der Waals surface area contributed by atoms with Crippen LogP contribution in [0.3, 0.4) is 0 Å². The van der Waals surface area contributed by atoms with E-state index in [1.165, 1.54) is 0 Å². The van der Waals surface area contributed by atoms with Crippen LogP contribution >= 0.6 is 0 Å². The van der Waals surface area contributed by atoms with Crippen molar-refractivity contribution in [3.05, 3.63) is 24.5 Å². The minimum absolute atomic E-state index is 0.202. The van der Waals surface area contributed by atoms with Gasteiger partial charge < -0.3 is 15.3 Å². The molecule has 1 spiro atoms. The Bertz CT molecular complexity index is 755. The topological polar surface area (TPSA) is 104 Å². The molecule has 1 unspecified atom stereocenters. The lowest BCUT2D eigenvalue weighted by Gasteiger charge is -2.22. The fourth-order valence-corrected chi connectivity index (χ4v) is 3.10. The maximum absolute atomic E-state index is 12.3. The Morgan fingerprint density at radius 2 is 2.10 bits per heavy atom. The van der Waals surface area contributed by atoms with Crippen LogP contribution in [0.25, 0.3) is 0 Å². The van der Waals surface area contributed by atoms with E-state index in [4.69, 9.17) is 14.7 Å². The first kappa shape index (κ1) is 22.6. The Morgan fingerprint density at radius 3 is 2.66 bits per heavy atom. The summed E-state index contributed by atoms with van der Waals surface area (Å²) in [6.07, 6.45) is -0.298. The van der Waals surface area contributed by atoms with Gasteiger partial charge in [-0.25, -0.2) is 4.79 Å². The van der Waals surface area contributed by atoms with E-state index in [9.17, 15) is 18.0 Å². The number of hydrogen-bond acceptors (Lipinski definition) is 6. The summed E-state index contributed by atoms with van der Waals surface area (Å²) in [6.45, 7) is 7.33. The standard InChI is InChI=1S/C16H22N4O2.C2HF3O2/c1-12(2)10-20-7-5-16(11-20)8-14(19-22-16)15(21)18-13-4-3-6-17-9-13;3-2(4,5)1(6)7/h3-4,6,9,12H,5,7-8,10-11H2,1-2H3,(H,18,21);(H,6,7). The van der Waals surface area contributed by atoms with E-state index in [2.05, 4.69) is 34.2 Å². The third-order valence-electron chi connectivity index (χ3n) is 4.28. The van der Waals surface area contributed by atoms with Crippen LogP contribution in [0.2, 0.25) is 0 Å². The lowest BCUT2D eigenvalue weighted by Crippen LogP contribution is -2.36. The summed E-state index contributed by atoms with van der Waals surface area (Å²) < 4.78 is 31.7. The SMILES string of the molecule is CC(C)CN1CCC2(CC(C(=O)Nc3cccnc3)=NO2)C1.O=C(O)C(F)(F)F. The number of hydrogen-bond donors (Lipinski definition) is 2. The predicted octanol–water partition coefficient (Wildman–Crippen LogP) is 2.53. The second-order valence-corrected chi connectivity index (χ2v) is 7.37. The zero-order chi connectivity index (χ0) is 21.7. The molecule has 3 heterocycles. The number of rotatable bonds is 4. The number of pyridine rings is 1. The molecule has 8 nitrogen and oxygen atoms in total. The molecule has 1 saturated heterocycles.